The van der Waals surface area contributed by atoms with Crippen molar-refractivity contribution >= 4 is 12.4 Å². The molecule has 0 radical (unpaired) electrons. The number of rotatable bonds is 5. The van der Waals surface area contributed by atoms with E-state index in [-0.39, 0.29) is 12.4 Å². The molecule has 0 aliphatic carbocycles. The van der Waals surface area contributed by atoms with E-state index in [9.17, 15) is 5.11 Å². The minimum absolute atomic E-state index is 0. The maximum atomic E-state index is 9.57. The summed E-state index contributed by atoms with van der Waals surface area (Å²) in [6.07, 6.45) is -0.703. The molecule has 1 aromatic rings. The molecule has 1 rings (SSSR count). The minimum atomic E-state index is -0.703. The molecule has 6 heteroatoms. The van der Waals surface area contributed by atoms with Crippen molar-refractivity contribution in [2.45, 2.75) is 19.1 Å². The van der Waals surface area contributed by atoms with Gasteiger partial charge in [-0.25, -0.2) is 0 Å². The first kappa shape index (κ1) is 16.8. The Balaban J connectivity index is 0.00000289. The Bertz CT molecular complexity index is 359. The monoisotopic (exact) mass is 277 g/mol. The van der Waals surface area contributed by atoms with E-state index in [1.165, 1.54) is 14.2 Å². The number of nitrogens with two attached hydrogens (primary N) is 1. The van der Waals surface area contributed by atoms with E-state index in [1.807, 2.05) is 0 Å². The molecule has 0 aromatic heterocycles. The fraction of sp³-hybridized carbons (Fsp3) is 0.500. The SMILES string of the molecule is COc1cc(OC)c([C@@H](N)[C@H](C)O)c(OC)c1.Cl. The van der Waals surface area contributed by atoms with E-state index in [2.05, 4.69) is 0 Å². The van der Waals surface area contributed by atoms with Gasteiger partial charge in [0.15, 0.2) is 0 Å². The van der Waals surface area contributed by atoms with Gasteiger partial charge in [-0.2, -0.15) is 0 Å². The lowest BCUT2D eigenvalue weighted by Crippen LogP contribution is -2.24. The van der Waals surface area contributed by atoms with Crippen LogP contribution in [-0.4, -0.2) is 32.5 Å². The Hall–Kier alpha value is -1.17. The van der Waals surface area contributed by atoms with Crippen LogP contribution in [0.2, 0.25) is 0 Å². The fourth-order valence-corrected chi connectivity index (χ4v) is 1.60. The van der Waals surface area contributed by atoms with E-state index in [0.29, 0.717) is 22.8 Å². The Labute approximate surface area is 113 Å². The molecule has 0 aliphatic heterocycles. The third-order valence-electron chi connectivity index (χ3n) is 2.61. The van der Waals surface area contributed by atoms with Crippen LogP contribution in [0, 0.1) is 0 Å². The molecule has 0 unspecified atom stereocenters. The van der Waals surface area contributed by atoms with Gasteiger partial charge in [-0.1, -0.05) is 0 Å². The summed E-state index contributed by atoms with van der Waals surface area (Å²) in [7, 11) is 4.63. The van der Waals surface area contributed by atoms with Crippen molar-refractivity contribution in [1.82, 2.24) is 0 Å². The number of methoxy groups -OCH3 is 3. The Morgan fingerprint density at radius 3 is 1.78 bits per heavy atom. The second kappa shape index (κ2) is 7.31. The molecule has 0 amide bonds. The van der Waals surface area contributed by atoms with Crippen molar-refractivity contribution in [3.05, 3.63) is 17.7 Å². The number of aliphatic hydroxyl groups is 1. The summed E-state index contributed by atoms with van der Waals surface area (Å²) in [5.41, 5.74) is 6.56. The summed E-state index contributed by atoms with van der Waals surface area (Å²) >= 11 is 0. The number of ether oxygens (including phenoxy) is 3. The standard InChI is InChI=1S/C12H19NO4.ClH/c1-7(14)12(13)11-9(16-3)5-8(15-2)6-10(11)17-4;/h5-7,12,14H,13H2,1-4H3;1H/t7-,12-;/m0./s1. The van der Waals surface area contributed by atoms with Gasteiger partial charge < -0.3 is 25.1 Å². The van der Waals surface area contributed by atoms with E-state index >= 15 is 0 Å². The largest absolute Gasteiger partial charge is 0.496 e. The summed E-state index contributed by atoms with van der Waals surface area (Å²) in [6, 6.07) is 2.84. The molecular formula is C12H20ClNO4. The molecule has 0 aliphatic rings. The van der Waals surface area contributed by atoms with E-state index < -0.39 is 12.1 Å². The first-order valence-electron chi connectivity index (χ1n) is 5.28. The van der Waals surface area contributed by atoms with Crippen LogP contribution in [0.4, 0.5) is 0 Å². The third-order valence-corrected chi connectivity index (χ3v) is 2.61. The van der Waals surface area contributed by atoms with Crippen molar-refractivity contribution < 1.29 is 19.3 Å². The predicted octanol–water partition coefficient (Wildman–Crippen LogP) is 1.51. The summed E-state index contributed by atoms with van der Waals surface area (Å²) in [5.74, 6) is 1.68. The van der Waals surface area contributed by atoms with Crippen LogP contribution >= 0.6 is 12.4 Å². The Morgan fingerprint density at radius 2 is 1.50 bits per heavy atom. The molecule has 3 N–H and O–H groups in total. The first-order valence-corrected chi connectivity index (χ1v) is 5.28. The smallest absolute Gasteiger partial charge is 0.131 e. The van der Waals surface area contributed by atoms with Crippen LogP contribution < -0.4 is 19.9 Å². The minimum Gasteiger partial charge on any atom is -0.496 e. The zero-order chi connectivity index (χ0) is 13.0. The predicted molar refractivity (Wildman–Crippen MR) is 72.0 cm³/mol. The second-order valence-corrected chi connectivity index (χ2v) is 3.71. The average molecular weight is 278 g/mol. The molecule has 5 nitrogen and oxygen atoms in total. The summed E-state index contributed by atoms with van der Waals surface area (Å²) < 4.78 is 15.6. The number of benzene rings is 1. The summed E-state index contributed by atoms with van der Waals surface area (Å²) in [6.45, 7) is 1.62. The van der Waals surface area contributed by atoms with Crippen molar-refractivity contribution in [2.24, 2.45) is 5.73 Å². The second-order valence-electron chi connectivity index (χ2n) is 3.71. The van der Waals surface area contributed by atoms with Gasteiger partial charge in [0, 0.05) is 12.1 Å². The highest BCUT2D eigenvalue weighted by Crippen LogP contribution is 2.38. The fourth-order valence-electron chi connectivity index (χ4n) is 1.60. The van der Waals surface area contributed by atoms with Gasteiger partial charge in [-0.05, 0) is 6.92 Å². The van der Waals surface area contributed by atoms with Gasteiger partial charge in [-0.3, -0.25) is 0 Å². The lowest BCUT2D eigenvalue weighted by molar-refractivity contribution is 0.161. The van der Waals surface area contributed by atoms with Crippen LogP contribution in [-0.2, 0) is 0 Å². The van der Waals surface area contributed by atoms with E-state index in [0.717, 1.165) is 0 Å². The van der Waals surface area contributed by atoms with Crippen LogP contribution in [0.3, 0.4) is 0 Å². The van der Waals surface area contributed by atoms with Gasteiger partial charge in [-0.15, -0.1) is 12.4 Å². The van der Waals surface area contributed by atoms with Crippen molar-refractivity contribution in [3.8, 4) is 17.2 Å². The molecule has 0 fully saturated rings. The number of hydrogen-bond acceptors (Lipinski definition) is 5. The summed E-state index contributed by atoms with van der Waals surface area (Å²) in [5, 5.41) is 9.57. The molecule has 0 heterocycles. The first-order chi connectivity index (χ1) is 8.04. The molecule has 0 bridgehead atoms. The lowest BCUT2D eigenvalue weighted by Gasteiger charge is -2.21. The van der Waals surface area contributed by atoms with E-state index in [4.69, 9.17) is 19.9 Å². The highest BCUT2D eigenvalue weighted by molar-refractivity contribution is 5.85. The van der Waals surface area contributed by atoms with Crippen LogP contribution in [0.25, 0.3) is 0 Å². The van der Waals surface area contributed by atoms with Crippen LogP contribution in [0.5, 0.6) is 17.2 Å². The molecule has 104 valence electrons. The molecule has 0 spiro atoms. The molecule has 18 heavy (non-hydrogen) atoms. The molecule has 0 saturated heterocycles. The number of aliphatic hydroxyl groups excluding tert-OH is 1. The van der Waals surface area contributed by atoms with Gasteiger partial charge >= 0.3 is 0 Å². The normalized spacial score (nSPS) is 13.2. The highest BCUT2D eigenvalue weighted by atomic mass is 35.5. The van der Waals surface area contributed by atoms with Crippen molar-refractivity contribution in [3.63, 3.8) is 0 Å². The highest BCUT2D eigenvalue weighted by Gasteiger charge is 2.22. The maximum absolute atomic E-state index is 9.57. The topological polar surface area (TPSA) is 73.9 Å². The molecule has 0 saturated carbocycles. The maximum Gasteiger partial charge on any atom is 0.131 e. The zero-order valence-corrected chi connectivity index (χ0v) is 11.8. The van der Waals surface area contributed by atoms with Gasteiger partial charge in [0.1, 0.15) is 17.2 Å². The van der Waals surface area contributed by atoms with E-state index in [1.54, 1.807) is 26.2 Å². The van der Waals surface area contributed by atoms with Gasteiger partial charge in [0.05, 0.1) is 39.0 Å². The molecular weight excluding hydrogens is 258 g/mol. The third kappa shape index (κ3) is 3.41. The van der Waals surface area contributed by atoms with Gasteiger partial charge in [0.2, 0.25) is 0 Å². The van der Waals surface area contributed by atoms with Crippen molar-refractivity contribution in [2.75, 3.05) is 21.3 Å². The molecule has 1 aromatic carbocycles. The summed E-state index contributed by atoms with van der Waals surface area (Å²) in [4.78, 5) is 0. The number of halogens is 1. The van der Waals surface area contributed by atoms with Crippen molar-refractivity contribution in [1.29, 1.82) is 0 Å². The quantitative estimate of drug-likeness (QED) is 0.853. The lowest BCUT2D eigenvalue weighted by atomic mass is 10.0. The Morgan fingerprint density at radius 1 is 1.06 bits per heavy atom. The van der Waals surface area contributed by atoms with Crippen LogP contribution in [0.15, 0.2) is 12.1 Å². The van der Waals surface area contributed by atoms with Crippen LogP contribution in [0.1, 0.15) is 18.5 Å². The molecule has 2 atom stereocenters. The van der Waals surface area contributed by atoms with Gasteiger partial charge in [0.25, 0.3) is 0 Å². The zero-order valence-electron chi connectivity index (χ0n) is 11.0. The Kier molecular flexibility index (Phi) is 6.83. The number of hydrogen-bond donors (Lipinski definition) is 2. The average Bonchev–Trinajstić information content (AvgIpc) is 2.35.